The summed E-state index contributed by atoms with van der Waals surface area (Å²) in [6, 6.07) is 0. The second kappa shape index (κ2) is 9.49. The summed E-state index contributed by atoms with van der Waals surface area (Å²) in [5.41, 5.74) is -0.516. The molecule has 0 aliphatic carbocycles. The average molecular weight is 434 g/mol. The highest BCUT2D eigenvalue weighted by Gasteiger charge is 2.49. The summed E-state index contributed by atoms with van der Waals surface area (Å²) in [4.78, 5) is 39.1. The van der Waals surface area contributed by atoms with E-state index < -0.39 is 44.0 Å². The SMILES string of the molecule is COC(=O)CCNC(=O)[C@@H]1OP(=O)(OCOC(=O)c2ocnc2C)OCC1(C)C. The monoisotopic (exact) mass is 434 g/mol. The van der Waals surface area contributed by atoms with Crippen molar-refractivity contribution < 1.29 is 46.4 Å². The zero-order valence-electron chi connectivity index (χ0n) is 16.5. The number of aromatic nitrogens is 1. The van der Waals surface area contributed by atoms with Gasteiger partial charge >= 0.3 is 19.8 Å². The molecule has 1 amide bonds. The van der Waals surface area contributed by atoms with Crippen molar-refractivity contribution in [1.29, 1.82) is 0 Å². The molecule has 0 radical (unpaired) electrons. The van der Waals surface area contributed by atoms with E-state index in [0.717, 1.165) is 6.39 Å². The number of rotatable bonds is 8. The number of aryl methyl sites for hydroxylation is 1. The van der Waals surface area contributed by atoms with Crippen molar-refractivity contribution >= 4 is 25.7 Å². The number of carbonyl (C=O) groups is 3. The fraction of sp³-hybridized carbons (Fsp3) is 0.625. The molecule has 162 valence electrons. The molecule has 12 nitrogen and oxygen atoms in total. The lowest BCUT2D eigenvalue weighted by molar-refractivity contribution is -0.144. The first kappa shape index (κ1) is 23.0. The van der Waals surface area contributed by atoms with Crippen molar-refractivity contribution in [1.82, 2.24) is 10.3 Å². The van der Waals surface area contributed by atoms with E-state index in [2.05, 4.69) is 15.0 Å². The minimum Gasteiger partial charge on any atom is -0.469 e. The van der Waals surface area contributed by atoms with Crippen molar-refractivity contribution in [2.24, 2.45) is 5.41 Å². The number of ether oxygens (including phenoxy) is 2. The van der Waals surface area contributed by atoms with Crippen LogP contribution in [0.15, 0.2) is 10.8 Å². The van der Waals surface area contributed by atoms with Crippen LogP contribution in [0, 0.1) is 12.3 Å². The largest absolute Gasteiger partial charge is 0.478 e. The molecule has 2 rings (SSSR count). The second-order valence-corrected chi connectivity index (χ2v) is 8.38. The number of esters is 2. The van der Waals surface area contributed by atoms with E-state index in [9.17, 15) is 18.9 Å². The van der Waals surface area contributed by atoms with Gasteiger partial charge in [0.1, 0.15) is 0 Å². The van der Waals surface area contributed by atoms with Crippen LogP contribution >= 0.6 is 7.82 Å². The van der Waals surface area contributed by atoms with Gasteiger partial charge in [-0.1, -0.05) is 13.8 Å². The summed E-state index contributed by atoms with van der Waals surface area (Å²) in [7, 11) is -2.95. The molecule has 1 unspecified atom stereocenters. The highest BCUT2D eigenvalue weighted by Crippen LogP contribution is 2.57. The van der Waals surface area contributed by atoms with E-state index in [0.29, 0.717) is 5.69 Å². The Labute approximate surface area is 166 Å². The van der Waals surface area contributed by atoms with Gasteiger partial charge in [-0.25, -0.2) is 18.9 Å². The third kappa shape index (κ3) is 6.10. The minimum atomic E-state index is -4.18. The molecular weight excluding hydrogens is 411 g/mol. The molecule has 0 bridgehead atoms. The fourth-order valence-electron chi connectivity index (χ4n) is 2.28. The Kier molecular flexibility index (Phi) is 7.53. The fourth-order valence-corrected chi connectivity index (χ4v) is 3.79. The Balaban J connectivity index is 1.91. The predicted octanol–water partition coefficient (Wildman–Crippen LogP) is 1.34. The van der Waals surface area contributed by atoms with Crippen molar-refractivity contribution in [3.63, 3.8) is 0 Å². The first-order chi connectivity index (χ1) is 13.6. The van der Waals surface area contributed by atoms with Crippen LogP contribution < -0.4 is 5.32 Å². The maximum Gasteiger partial charge on any atom is 0.478 e. The van der Waals surface area contributed by atoms with Gasteiger partial charge in [0.05, 0.1) is 25.8 Å². The third-order valence-corrected chi connectivity index (χ3v) is 5.30. The van der Waals surface area contributed by atoms with Crippen molar-refractivity contribution in [2.45, 2.75) is 33.3 Å². The van der Waals surface area contributed by atoms with Gasteiger partial charge in [0.15, 0.2) is 12.5 Å². The van der Waals surface area contributed by atoms with Gasteiger partial charge in [-0.2, -0.15) is 0 Å². The Bertz CT molecular complexity index is 805. The number of hydrogen-bond acceptors (Lipinski definition) is 11. The summed E-state index contributed by atoms with van der Waals surface area (Å²) < 4.78 is 42.2. The molecule has 1 aromatic rings. The Morgan fingerprint density at radius 3 is 2.72 bits per heavy atom. The van der Waals surface area contributed by atoms with Gasteiger partial charge in [-0.3, -0.25) is 18.6 Å². The molecule has 0 saturated carbocycles. The molecule has 2 heterocycles. The van der Waals surface area contributed by atoms with Crippen LogP contribution in [0.3, 0.4) is 0 Å². The molecule has 1 fully saturated rings. The molecule has 0 spiro atoms. The van der Waals surface area contributed by atoms with E-state index in [1.807, 2.05) is 0 Å². The predicted molar refractivity (Wildman–Crippen MR) is 94.5 cm³/mol. The molecule has 1 N–H and O–H groups in total. The molecule has 1 aromatic heterocycles. The van der Waals surface area contributed by atoms with Gasteiger partial charge in [0.25, 0.3) is 0 Å². The summed E-state index contributed by atoms with van der Waals surface area (Å²) in [5, 5.41) is 2.51. The van der Waals surface area contributed by atoms with Gasteiger partial charge in [0.2, 0.25) is 18.5 Å². The first-order valence-corrected chi connectivity index (χ1v) is 10.0. The number of nitrogens with one attached hydrogen (secondary N) is 1. The normalized spacial score (nSPS) is 23.2. The quantitative estimate of drug-likeness (QED) is 0.358. The number of amides is 1. The molecule has 13 heteroatoms. The van der Waals surface area contributed by atoms with Gasteiger partial charge in [-0.05, 0) is 6.92 Å². The molecule has 1 saturated heterocycles. The number of oxazole rings is 1. The van der Waals surface area contributed by atoms with Gasteiger partial charge in [-0.15, -0.1) is 0 Å². The lowest BCUT2D eigenvalue weighted by Crippen LogP contribution is -2.50. The molecule has 0 aromatic carbocycles. The molecular formula is C16H23N2O10P. The van der Waals surface area contributed by atoms with Crippen molar-refractivity contribution in [2.75, 3.05) is 27.1 Å². The highest BCUT2D eigenvalue weighted by atomic mass is 31.2. The standard InChI is InChI=1S/C16H23N2O10P/c1-10-12(24-8-18-10)15(21)25-9-27-29(22)26-7-16(2,3)13(28-29)14(20)17-6-5-11(19)23-4/h8,13H,5-7,9H2,1-4H3,(H,17,20)/t13-,29?/m0/s1. The van der Waals surface area contributed by atoms with Crippen LogP contribution in [0.25, 0.3) is 0 Å². The second-order valence-electron chi connectivity index (χ2n) is 6.76. The van der Waals surface area contributed by atoms with Crippen molar-refractivity contribution in [3.05, 3.63) is 17.8 Å². The Morgan fingerprint density at radius 1 is 1.38 bits per heavy atom. The summed E-state index contributed by atoms with van der Waals surface area (Å²) in [6.45, 7) is 4.03. The molecule has 2 atom stereocenters. The summed E-state index contributed by atoms with van der Waals surface area (Å²) in [6.07, 6.45) is -0.142. The van der Waals surface area contributed by atoms with Crippen molar-refractivity contribution in [3.8, 4) is 0 Å². The Hall–Kier alpha value is -2.27. The number of carbonyl (C=O) groups excluding carboxylic acids is 3. The molecule has 29 heavy (non-hydrogen) atoms. The lowest BCUT2D eigenvalue weighted by Gasteiger charge is -2.39. The maximum atomic E-state index is 12.7. The third-order valence-electron chi connectivity index (χ3n) is 3.96. The number of phosphoric acid groups is 1. The number of nitrogens with zero attached hydrogens (tertiary/aromatic N) is 1. The minimum absolute atomic E-state index is 0.0155. The topological polar surface area (TPSA) is 152 Å². The average Bonchev–Trinajstić information content (AvgIpc) is 3.09. The summed E-state index contributed by atoms with van der Waals surface area (Å²) in [5.74, 6) is -2.09. The molecule has 1 aliphatic rings. The zero-order valence-corrected chi connectivity index (χ0v) is 17.4. The lowest BCUT2D eigenvalue weighted by atomic mass is 9.87. The van der Waals surface area contributed by atoms with E-state index >= 15 is 0 Å². The van der Waals surface area contributed by atoms with E-state index in [1.54, 1.807) is 20.8 Å². The van der Waals surface area contributed by atoms with Crippen LogP contribution in [-0.4, -0.2) is 56.0 Å². The van der Waals surface area contributed by atoms with Crippen LogP contribution in [0.1, 0.15) is 36.5 Å². The smallest absolute Gasteiger partial charge is 0.469 e. The number of phosphoric ester groups is 1. The number of hydrogen-bond donors (Lipinski definition) is 1. The highest BCUT2D eigenvalue weighted by molar-refractivity contribution is 7.48. The number of methoxy groups -OCH3 is 1. The maximum absolute atomic E-state index is 12.7. The zero-order chi connectivity index (χ0) is 21.7. The van der Waals surface area contributed by atoms with Crippen LogP contribution in [-0.2, 0) is 37.2 Å². The first-order valence-electron chi connectivity index (χ1n) is 8.57. The van der Waals surface area contributed by atoms with Gasteiger partial charge < -0.3 is 19.2 Å². The van der Waals surface area contributed by atoms with Crippen LogP contribution in [0.2, 0.25) is 0 Å². The van der Waals surface area contributed by atoms with E-state index in [-0.39, 0.29) is 25.3 Å². The van der Waals surface area contributed by atoms with E-state index in [4.69, 9.17) is 22.7 Å². The van der Waals surface area contributed by atoms with E-state index in [1.165, 1.54) is 7.11 Å². The van der Waals surface area contributed by atoms with Gasteiger partial charge in [0, 0.05) is 12.0 Å². The van der Waals surface area contributed by atoms with Crippen LogP contribution in [0.4, 0.5) is 0 Å². The molecule has 1 aliphatic heterocycles. The summed E-state index contributed by atoms with van der Waals surface area (Å²) >= 11 is 0. The Morgan fingerprint density at radius 2 is 2.10 bits per heavy atom. The van der Waals surface area contributed by atoms with Crippen LogP contribution in [0.5, 0.6) is 0 Å².